The van der Waals surface area contributed by atoms with E-state index in [9.17, 15) is 4.79 Å². The monoisotopic (exact) mass is 443 g/mol. The molecule has 2 heterocycles. The Kier molecular flexibility index (Phi) is 6.39. The quantitative estimate of drug-likeness (QED) is 0.710. The fraction of sp³-hybridized carbons (Fsp3) is 0.500. The van der Waals surface area contributed by atoms with Gasteiger partial charge >= 0.3 is 0 Å². The number of nitrogens with one attached hydrogen (secondary N) is 1. The van der Waals surface area contributed by atoms with Crippen LogP contribution in [0.1, 0.15) is 56.8 Å². The molecule has 1 aromatic heterocycles. The van der Waals surface area contributed by atoms with Crippen molar-refractivity contribution in [1.29, 1.82) is 0 Å². The van der Waals surface area contributed by atoms with Gasteiger partial charge in [0.05, 0.1) is 34.5 Å². The minimum Gasteiger partial charge on any atom is -0.489 e. The Morgan fingerprint density at radius 2 is 1.97 bits per heavy atom. The maximum absolute atomic E-state index is 13.1. The second kappa shape index (κ2) is 9.05. The van der Waals surface area contributed by atoms with Crippen molar-refractivity contribution in [3.8, 4) is 5.75 Å². The van der Waals surface area contributed by atoms with E-state index in [1.807, 2.05) is 29.2 Å². The molecule has 1 saturated carbocycles. The summed E-state index contributed by atoms with van der Waals surface area (Å²) in [5.41, 5.74) is 1.22. The number of ether oxygens (including phenoxy) is 2. The molecule has 0 radical (unpaired) electrons. The summed E-state index contributed by atoms with van der Waals surface area (Å²) in [5, 5.41) is 3.77. The average molecular weight is 444 g/mol. The molecule has 2 aliphatic rings. The van der Waals surface area contributed by atoms with E-state index in [0.717, 1.165) is 31.4 Å². The van der Waals surface area contributed by atoms with Gasteiger partial charge in [0.2, 0.25) is 0 Å². The lowest BCUT2D eigenvalue weighted by Crippen LogP contribution is -2.41. The lowest BCUT2D eigenvalue weighted by molar-refractivity contribution is -0.0757. The first-order valence-corrected chi connectivity index (χ1v) is 11.3. The second-order valence-corrected chi connectivity index (χ2v) is 9.55. The van der Waals surface area contributed by atoms with E-state index in [-0.39, 0.29) is 23.7 Å². The van der Waals surface area contributed by atoms with Gasteiger partial charge in [0, 0.05) is 12.2 Å². The predicted molar refractivity (Wildman–Crippen MR) is 123 cm³/mol. The molecule has 31 heavy (non-hydrogen) atoms. The number of anilines is 2. The summed E-state index contributed by atoms with van der Waals surface area (Å²) >= 11 is 6.37. The van der Waals surface area contributed by atoms with E-state index in [2.05, 4.69) is 31.1 Å². The van der Waals surface area contributed by atoms with Crippen molar-refractivity contribution in [3.05, 3.63) is 47.1 Å². The largest absolute Gasteiger partial charge is 0.489 e. The number of hydrogen-bond donors (Lipinski definition) is 1. The van der Waals surface area contributed by atoms with Crippen molar-refractivity contribution in [2.75, 3.05) is 18.1 Å². The molecule has 1 aromatic carbocycles. The van der Waals surface area contributed by atoms with Gasteiger partial charge in [0.15, 0.2) is 11.6 Å². The second-order valence-electron chi connectivity index (χ2n) is 9.14. The Balaban J connectivity index is 1.47. The molecule has 0 atom stereocenters. The van der Waals surface area contributed by atoms with Crippen molar-refractivity contribution in [2.45, 2.75) is 64.2 Å². The van der Waals surface area contributed by atoms with E-state index < -0.39 is 0 Å². The number of rotatable bonds is 4. The van der Waals surface area contributed by atoms with E-state index in [0.29, 0.717) is 35.3 Å². The van der Waals surface area contributed by atoms with Crippen LogP contribution >= 0.6 is 11.6 Å². The highest BCUT2D eigenvalue weighted by Crippen LogP contribution is 2.40. The van der Waals surface area contributed by atoms with Crippen LogP contribution in [0.5, 0.6) is 5.75 Å². The molecule has 1 fully saturated rings. The van der Waals surface area contributed by atoms with Crippen LogP contribution < -0.4 is 15.0 Å². The van der Waals surface area contributed by atoms with Crippen LogP contribution in [0.15, 0.2) is 36.5 Å². The number of pyridine rings is 1. The van der Waals surface area contributed by atoms with Crippen LogP contribution in [0.3, 0.4) is 0 Å². The Labute approximate surface area is 188 Å². The average Bonchev–Trinajstić information content (AvgIpc) is 2.74. The number of carbonyl (C=O) groups excluding carboxylic acids is 1. The first-order valence-electron chi connectivity index (χ1n) is 10.9. The number of halogens is 1. The SMILES string of the molecule is CC(C)(C)OC1CCC(NC(=O)c2cccc3c2OCCN3c2ncccc2Cl)CC1. The summed E-state index contributed by atoms with van der Waals surface area (Å²) in [6, 6.07) is 9.39. The van der Waals surface area contributed by atoms with Crippen LogP contribution in [0.25, 0.3) is 0 Å². The molecule has 2 aromatic rings. The number of hydrogen-bond acceptors (Lipinski definition) is 5. The van der Waals surface area contributed by atoms with Crippen LogP contribution in [0, 0.1) is 0 Å². The maximum Gasteiger partial charge on any atom is 0.255 e. The van der Waals surface area contributed by atoms with Gasteiger partial charge in [-0.25, -0.2) is 4.98 Å². The topological polar surface area (TPSA) is 63.7 Å². The van der Waals surface area contributed by atoms with Crippen molar-refractivity contribution in [2.24, 2.45) is 0 Å². The van der Waals surface area contributed by atoms with Gasteiger partial charge in [0.25, 0.3) is 5.91 Å². The molecule has 1 aliphatic carbocycles. The zero-order chi connectivity index (χ0) is 22.0. The molecule has 6 nitrogen and oxygen atoms in total. The highest BCUT2D eigenvalue weighted by molar-refractivity contribution is 6.33. The Bertz CT molecular complexity index is 936. The van der Waals surface area contributed by atoms with E-state index in [1.54, 1.807) is 12.3 Å². The van der Waals surface area contributed by atoms with Crippen LogP contribution in [-0.2, 0) is 4.74 Å². The minimum atomic E-state index is -0.135. The number of nitrogens with zero attached hydrogens (tertiary/aromatic N) is 2. The Morgan fingerprint density at radius 3 is 2.68 bits per heavy atom. The fourth-order valence-electron chi connectivity index (χ4n) is 4.31. The third-order valence-corrected chi connectivity index (χ3v) is 5.91. The molecule has 4 rings (SSSR count). The molecule has 0 spiro atoms. The van der Waals surface area contributed by atoms with Crippen molar-refractivity contribution >= 4 is 29.0 Å². The first kappa shape index (κ1) is 21.9. The highest BCUT2D eigenvalue weighted by Gasteiger charge is 2.29. The molecular formula is C24H30ClN3O3. The van der Waals surface area contributed by atoms with Crippen molar-refractivity contribution in [3.63, 3.8) is 0 Å². The summed E-state index contributed by atoms with van der Waals surface area (Å²) < 4.78 is 12.0. The number of amides is 1. The minimum absolute atomic E-state index is 0.106. The van der Waals surface area contributed by atoms with Gasteiger partial charge in [-0.2, -0.15) is 0 Å². The molecule has 0 saturated heterocycles. The van der Waals surface area contributed by atoms with Gasteiger partial charge in [-0.05, 0) is 70.7 Å². The van der Waals surface area contributed by atoms with Gasteiger partial charge in [-0.15, -0.1) is 0 Å². The smallest absolute Gasteiger partial charge is 0.255 e. The first-order chi connectivity index (χ1) is 14.8. The number of aromatic nitrogens is 1. The zero-order valence-corrected chi connectivity index (χ0v) is 19.1. The summed E-state index contributed by atoms with van der Waals surface area (Å²) in [7, 11) is 0. The molecule has 1 aliphatic heterocycles. The predicted octanol–water partition coefficient (Wildman–Crippen LogP) is 5.12. The number of benzene rings is 1. The Hall–Kier alpha value is -2.31. The summed E-state index contributed by atoms with van der Waals surface area (Å²) in [5.74, 6) is 1.15. The van der Waals surface area contributed by atoms with E-state index in [4.69, 9.17) is 21.1 Å². The standard InChI is InChI=1S/C24H30ClN3O3/c1-24(2,3)31-17-11-9-16(10-12-17)27-23(29)18-6-4-8-20-21(18)30-15-14-28(20)22-19(25)7-5-13-26-22/h4-8,13,16-17H,9-12,14-15H2,1-3H3,(H,27,29). The number of para-hydroxylation sites is 1. The molecule has 0 bridgehead atoms. The molecule has 1 amide bonds. The van der Waals surface area contributed by atoms with E-state index in [1.165, 1.54) is 0 Å². The normalized spacial score (nSPS) is 21.2. The number of fused-ring (bicyclic) bond motifs is 1. The van der Waals surface area contributed by atoms with Crippen LogP contribution in [-0.4, -0.2) is 41.8 Å². The zero-order valence-electron chi connectivity index (χ0n) is 18.4. The molecule has 166 valence electrons. The molecule has 7 heteroatoms. The summed E-state index contributed by atoms with van der Waals surface area (Å²) in [4.78, 5) is 19.6. The van der Waals surface area contributed by atoms with E-state index >= 15 is 0 Å². The third-order valence-electron chi connectivity index (χ3n) is 5.62. The number of carbonyl (C=O) groups is 1. The third kappa shape index (κ3) is 5.13. The van der Waals surface area contributed by atoms with Gasteiger partial charge in [-0.3, -0.25) is 4.79 Å². The van der Waals surface area contributed by atoms with Gasteiger partial charge in [0.1, 0.15) is 6.61 Å². The maximum atomic E-state index is 13.1. The molecule has 0 unspecified atom stereocenters. The summed E-state index contributed by atoms with van der Waals surface area (Å²) in [6.07, 6.45) is 5.72. The summed E-state index contributed by atoms with van der Waals surface area (Å²) in [6.45, 7) is 7.33. The molecule has 1 N–H and O–H groups in total. The lowest BCUT2D eigenvalue weighted by atomic mass is 9.92. The fourth-order valence-corrected chi connectivity index (χ4v) is 4.54. The highest BCUT2D eigenvalue weighted by atomic mass is 35.5. The van der Waals surface area contributed by atoms with Gasteiger partial charge < -0.3 is 19.7 Å². The lowest BCUT2D eigenvalue weighted by Gasteiger charge is -2.34. The van der Waals surface area contributed by atoms with Crippen LogP contribution in [0.2, 0.25) is 5.02 Å². The van der Waals surface area contributed by atoms with Crippen LogP contribution in [0.4, 0.5) is 11.5 Å². The Morgan fingerprint density at radius 1 is 1.19 bits per heavy atom. The van der Waals surface area contributed by atoms with Crippen molar-refractivity contribution < 1.29 is 14.3 Å². The van der Waals surface area contributed by atoms with Gasteiger partial charge in [-0.1, -0.05) is 17.7 Å². The van der Waals surface area contributed by atoms with Crippen molar-refractivity contribution in [1.82, 2.24) is 10.3 Å². The molecular weight excluding hydrogens is 414 g/mol.